The first kappa shape index (κ1) is 17.9. The van der Waals surface area contributed by atoms with Crippen LogP contribution in [0.15, 0.2) is 36.5 Å². The molecule has 1 saturated heterocycles. The normalized spacial score (nSPS) is 16.3. The van der Waals surface area contributed by atoms with Crippen molar-refractivity contribution >= 4 is 12.4 Å². The quantitative estimate of drug-likeness (QED) is 0.910. The Morgan fingerprint density at radius 1 is 1.17 bits per heavy atom. The molecule has 126 valence electrons. The molecule has 4 nitrogen and oxygen atoms in total. The summed E-state index contributed by atoms with van der Waals surface area (Å²) in [5.74, 6) is 0.576. The zero-order valence-electron chi connectivity index (χ0n) is 13.4. The van der Waals surface area contributed by atoms with E-state index < -0.39 is 0 Å². The maximum Gasteiger partial charge on any atom is 0.123 e. The molecule has 0 amide bonds. The Hall–Kier alpha value is -1.43. The first-order chi connectivity index (χ1) is 10.8. The summed E-state index contributed by atoms with van der Waals surface area (Å²) >= 11 is 0. The zero-order chi connectivity index (χ0) is 15.4. The van der Waals surface area contributed by atoms with Crippen LogP contribution in [-0.2, 0) is 6.54 Å². The number of halogens is 2. The van der Waals surface area contributed by atoms with E-state index in [1.807, 2.05) is 24.0 Å². The summed E-state index contributed by atoms with van der Waals surface area (Å²) in [4.78, 5) is 2.48. The van der Waals surface area contributed by atoms with E-state index in [4.69, 9.17) is 0 Å². The van der Waals surface area contributed by atoms with Gasteiger partial charge in [-0.15, -0.1) is 12.4 Å². The molecule has 2 heterocycles. The molecule has 23 heavy (non-hydrogen) atoms. The summed E-state index contributed by atoms with van der Waals surface area (Å²) in [5, 5.41) is 7.65. The lowest BCUT2D eigenvalue weighted by Crippen LogP contribution is -2.36. The molecule has 1 N–H and O–H groups in total. The topological polar surface area (TPSA) is 33.1 Å². The van der Waals surface area contributed by atoms with Gasteiger partial charge in [-0.25, -0.2) is 9.07 Å². The van der Waals surface area contributed by atoms with Crippen LogP contribution in [0.4, 0.5) is 4.39 Å². The highest BCUT2D eigenvalue weighted by Crippen LogP contribution is 2.19. The minimum atomic E-state index is -0.218. The summed E-state index contributed by atoms with van der Waals surface area (Å²) in [7, 11) is 2.02. The van der Waals surface area contributed by atoms with Crippen molar-refractivity contribution in [1.82, 2.24) is 20.0 Å². The fourth-order valence-electron chi connectivity index (χ4n) is 3.13. The standard InChI is InChI=1S/C17H23FN4.ClH/c1-19-12-14-7-10-21(11-8-14)13-17-6-9-20-22(17)16-4-2-15(18)3-5-16;/h2-6,9,14,19H,7-8,10-13H2,1H3;1H. The van der Waals surface area contributed by atoms with Crippen molar-refractivity contribution < 1.29 is 4.39 Å². The second-order valence-corrected chi connectivity index (χ2v) is 5.99. The number of benzene rings is 1. The number of aromatic nitrogens is 2. The largest absolute Gasteiger partial charge is 0.319 e. The molecule has 0 spiro atoms. The van der Waals surface area contributed by atoms with E-state index in [9.17, 15) is 4.39 Å². The number of piperidine rings is 1. The van der Waals surface area contributed by atoms with E-state index in [-0.39, 0.29) is 18.2 Å². The van der Waals surface area contributed by atoms with Crippen molar-refractivity contribution in [3.05, 3.63) is 48.0 Å². The van der Waals surface area contributed by atoms with Crippen molar-refractivity contribution in [2.24, 2.45) is 5.92 Å². The highest BCUT2D eigenvalue weighted by Gasteiger charge is 2.19. The molecule has 0 aliphatic carbocycles. The maximum absolute atomic E-state index is 13.1. The summed E-state index contributed by atoms with van der Waals surface area (Å²) < 4.78 is 15.0. The van der Waals surface area contributed by atoms with Crippen molar-refractivity contribution in [3.63, 3.8) is 0 Å². The molecular formula is C17H24ClFN4. The van der Waals surface area contributed by atoms with Crippen LogP contribution in [0.1, 0.15) is 18.5 Å². The van der Waals surface area contributed by atoms with Crippen LogP contribution >= 0.6 is 12.4 Å². The number of hydrogen-bond donors (Lipinski definition) is 1. The van der Waals surface area contributed by atoms with Crippen LogP contribution in [0.2, 0.25) is 0 Å². The van der Waals surface area contributed by atoms with Gasteiger partial charge in [0.15, 0.2) is 0 Å². The van der Waals surface area contributed by atoms with E-state index in [0.29, 0.717) is 0 Å². The lowest BCUT2D eigenvalue weighted by atomic mass is 9.97. The molecule has 1 aromatic carbocycles. The van der Waals surface area contributed by atoms with Crippen molar-refractivity contribution in [2.45, 2.75) is 19.4 Å². The van der Waals surface area contributed by atoms with Gasteiger partial charge in [0, 0.05) is 12.7 Å². The minimum Gasteiger partial charge on any atom is -0.319 e. The molecule has 1 aliphatic heterocycles. The lowest BCUT2D eigenvalue weighted by molar-refractivity contribution is 0.174. The smallest absolute Gasteiger partial charge is 0.123 e. The zero-order valence-corrected chi connectivity index (χ0v) is 14.2. The van der Waals surface area contributed by atoms with E-state index in [1.54, 1.807) is 12.1 Å². The van der Waals surface area contributed by atoms with Crippen LogP contribution < -0.4 is 5.32 Å². The summed E-state index contributed by atoms with van der Waals surface area (Å²) in [6.45, 7) is 4.26. The second kappa shape index (κ2) is 8.43. The van der Waals surface area contributed by atoms with Gasteiger partial charge in [0.25, 0.3) is 0 Å². The molecule has 6 heteroatoms. The Morgan fingerprint density at radius 2 is 1.87 bits per heavy atom. The van der Waals surface area contributed by atoms with E-state index >= 15 is 0 Å². The summed E-state index contributed by atoms with van der Waals surface area (Å²) in [5.41, 5.74) is 2.06. The minimum absolute atomic E-state index is 0. The van der Waals surface area contributed by atoms with Crippen LogP contribution in [0, 0.1) is 11.7 Å². The first-order valence-electron chi connectivity index (χ1n) is 7.92. The van der Waals surface area contributed by atoms with Crippen molar-refractivity contribution in [2.75, 3.05) is 26.7 Å². The first-order valence-corrected chi connectivity index (χ1v) is 7.92. The van der Waals surface area contributed by atoms with E-state index in [2.05, 4.69) is 15.3 Å². The highest BCUT2D eigenvalue weighted by molar-refractivity contribution is 5.85. The van der Waals surface area contributed by atoms with Crippen LogP contribution in [0.25, 0.3) is 5.69 Å². The van der Waals surface area contributed by atoms with Gasteiger partial charge in [-0.3, -0.25) is 4.90 Å². The summed E-state index contributed by atoms with van der Waals surface area (Å²) in [6.07, 6.45) is 4.30. The molecule has 1 aromatic heterocycles. The molecule has 1 fully saturated rings. The Balaban J connectivity index is 0.00000192. The fourth-order valence-corrected chi connectivity index (χ4v) is 3.13. The SMILES string of the molecule is CNCC1CCN(Cc2ccnn2-c2ccc(F)cc2)CC1.Cl. The van der Waals surface area contributed by atoms with Gasteiger partial charge >= 0.3 is 0 Å². The Morgan fingerprint density at radius 3 is 2.52 bits per heavy atom. The molecule has 0 bridgehead atoms. The van der Waals surface area contributed by atoms with E-state index in [0.717, 1.165) is 43.5 Å². The Bertz CT molecular complexity index is 591. The average Bonchev–Trinajstić information content (AvgIpc) is 2.98. The third-order valence-corrected chi connectivity index (χ3v) is 4.38. The Kier molecular flexibility index (Phi) is 6.57. The van der Waals surface area contributed by atoms with Crippen LogP contribution in [0.3, 0.4) is 0 Å². The van der Waals surface area contributed by atoms with Crippen LogP contribution in [-0.4, -0.2) is 41.4 Å². The van der Waals surface area contributed by atoms with Gasteiger partial charge in [-0.1, -0.05) is 0 Å². The molecule has 0 radical (unpaired) electrons. The number of hydrogen-bond acceptors (Lipinski definition) is 3. The highest BCUT2D eigenvalue weighted by atomic mass is 35.5. The predicted octanol–water partition coefficient (Wildman–Crippen LogP) is 2.86. The molecule has 0 unspecified atom stereocenters. The maximum atomic E-state index is 13.1. The van der Waals surface area contributed by atoms with Crippen molar-refractivity contribution in [1.29, 1.82) is 0 Å². The second-order valence-electron chi connectivity index (χ2n) is 5.99. The number of likely N-dealkylation sites (tertiary alicyclic amines) is 1. The summed E-state index contributed by atoms with van der Waals surface area (Å²) in [6, 6.07) is 8.53. The third kappa shape index (κ3) is 4.53. The number of rotatable bonds is 5. The number of nitrogens with zero attached hydrogens (tertiary/aromatic N) is 3. The predicted molar refractivity (Wildman–Crippen MR) is 92.7 cm³/mol. The Labute approximate surface area is 143 Å². The average molecular weight is 339 g/mol. The molecule has 2 aromatic rings. The van der Waals surface area contributed by atoms with Gasteiger partial charge < -0.3 is 5.32 Å². The third-order valence-electron chi connectivity index (χ3n) is 4.38. The van der Waals surface area contributed by atoms with Gasteiger partial charge in [0.1, 0.15) is 5.82 Å². The molecule has 1 aliphatic rings. The van der Waals surface area contributed by atoms with Crippen LogP contribution in [0.5, 0.6) is 0 Å². The monoisotopic (exact) mass is 338 g/mol. The molecule has 3 rings (SSSR count). The fraction of sp³-hybridized carbons (Fsp3) is 0.471. The number of nitrogens with one attached hydrogen (secondary N) is 1. The van der Waals surface area contributed by atoms with Crippen molar-refractivity contribution in [3.8, 4) is 5.69 Å². The van der Waals surface area contributed by atoms with Gasteiger partial charge in [-0.2, -0.15) is 5.10 Å². The molecular weight excluding hydrogens is 315 g/mol. The molecule has 0 saturated carbocycles. The molecule has 0 atom stereocenters. The van der Waals surface area contributed by atoms with Gasteiger partial charge in [-0.05, 0) is 75.8 Å². The lowest BCUT2D eigenvalue weighted by Gasteiger charge is -2.31. The van der Waals surface area contributed by atoms with E-state index in [1.165, 1.54) is 25.0 Å². The van der Waals surface area contributed by atoms with Gasteiger partial charge in [0.05, 0.1) is 11.4 Å². The van der Waals surface area contributed by atoms with Gasteiger partial charge in [0.2, 0.25) is 0 Å².